The van der Waals surface area contributed by atoms with Gasteiger partial charge in [0.15, 0.2) is 0 Å². The van der Waals surface area contributed by atoms with Crippen LogP contribution in [0.5, 0.6) is 0 Å². The fourth-order valence-corrected chi connectivity index (χ4v) is 8.66. The number of para-hydroxylation sites is 4. The van der Waals surface area contributed by atoms with Crippen LogP contribution < -0.4 is 0 Å². The van der Waals surface area contributed by atoms with Gasteiger partial charge in [0.05, 0.1) is 27.8 Å². The highest BCUT2D eigenvalue weighted by Crippen LogP contribution is 2.45. The normalized spacial score (nSPS) is 12.0. The molecule has 2 nitrogen and oxygen atoms in total. The van der Waals surface area contributed by atoms with Crippen LogP contribution in [0.15, 0.2) is 158 Å². The SMILES string of the molecule is c1ccc(-n2c3ccccc3c3c(-n4c5ccccc5c5cccc(-c6cccc7sc8ccccc8c67)c54)cccc32)cc1. The molecule has 0 saturated carbocycles. The molecule has 0 amide bonds. The van der Waals surface area contributed by atoms with Crippen LogP contribution in [0, 0.1) is 0 Å². The zero-order valence-electron chi connectivity index (χ0n) is 24.3. The first kappa shape index (κ1) is 24.8. The van der Waals surface area contributed by atoms with Gasteiger partial charge in [-0.15, -0.1) is 11.3 Å². The van der Waals surface area contributed by atoms with E-state index in [1.165, 1.54) is 86.3 Å². The van der Waals surface area contributed by atoms with E-state index in [2.05, 4.69) is 167 Å². The molecule has 0 aliphatic carbocycles. The number of thiophene rings is 1. The van der Waals surface area contributed by atoms with Gasteiger partial charge in [-0.2, -0.15) is 0 Å². The van der Waals surface area contributed by atoms with Crippen molar-refractivity contribution in [2.75, 3.05) is 0 Å². The summed E-state index contributed by atoms with van der Waals surface area (Å²) in [4.78, 5) is 0. The lowest BCUT2D eigenvalue weighted by atomic mass is 9.97. The molecule has 0 aliphatic heterocycles. The first-order valence-electron chi connectivity index (χ1n) is 15.4. The van der Waals surface area contributed by atoms with E-state index in [1.54, 1.807) is 0 Å². The van der Waals surface area contributed by atoms with Crippen molar-refractivity contribution >= 4 is 75.1 Å². The fraction of sp³-hybridized carbons (Fsp3) is 0. The van der Waals surface area contributed by atoms with Crippen molar-refractivity contribution in [2.45, 2.75) is 0 Å². The Bertz CT molecular complexity index is 2760. The third-order valence-electron chi connectivity index (χ3n) is 9.32. The monoisotopic (exact) mass is 590 g/mol. The van der Waals surface area contributed by atoms with Crippen LogP contribution in [-0.2, 0) is 0 Å². The molecule has 45 heavy (non-hydrogen) atoms. The van der Waals surface area contributed by atoms with E-state index in [4.69, 9.17) is 0 Å². The van der Waals surface area contributed by atoms with Gasteiger partial charge in [0.1, 0.15) is 0 Å². The lowest BCUT2D eigenvalue weighted by molar-refractivity contribution is 1.17. The van der Waals surface area contributed by atoms with Crippen molar-refractivity contribution < 1.29 is 0 Å². The maximum atomic E-state index is 2.53. The maximum absolute atomic E-state index is 2.53. The van der Waals surface area contributed by atoms with Crippen molar-refractivity contribution in [1.29, 1.82) is 0 Å². The number of aromatic nitrogens is 2. The van der Waals surface area contributed by atoms with Crippen molar-refractivity contribution in [3.8, 4) is 22.5 Å². The first-order chi connectivity index (χ1) is 22.4. The summed E-state index contributed by atoms with van der Waals surface area (Å²) >= 11 is 1.88. The van der Waals surface area contributed by atoms with Gasteiger partial charge in [-0.1, -0.05) is 109 Å². The standard InChI is InChI=1S/C42H26N2S/c1-2-13-27(14-3-1)43-35-22-8-5-16-32(35)41-36(43)23-12-24-37(41)44-34-21-7-4-15-28(34)30-19-10-20-31(42(30)44)29-18-11-26-39-40(29)33-17-6-9-25-38(33)45-39/h1-26H. The van der Waals surface area contributed by atoms with E-state index < -0.39 is 0 Å². The van der Waals surface area contributed by atoms with E-state index >= 15 is 0 Å². The Morgan fingerprint density at radius 2 is 0.956 bits per heavy atom. The molecule has 0 fully saturated rings. The van der Waals surface area contributed by atoms with Gasteiger partial charge < -0.3 is 9.13 Å². The van der Waals surface area contributed by atoms with Gasteiger partial charge in [-0.25, -0.2) is 0 Å². The molecule has 210 valence electrons. The number of hydrogen-bond acceptors (Lipinski definition) is 1. The van der Waals surface area contributed by atoms with Gasteiger partial charge >= 0.3 is 0 Å². The zero-order chi connectivity index (χ0) is 29.5. The summed E-state index contributed by atoms with van der Waals surface area (Å²) in [6, 6.07) is 57.6. The van der Waals surface area contributed by atoms with Crippen molar-refractivity contribution in [1.82, 2.24) is 9.13 Å². The van der Waals surface area contributed by atoms with E-state index in [1.807, 2.05) is 11.3 Å². The second-order valence-corrected chi connectivity index (χ2v) is 12.8. The Morgan fingerprint density at radius 1 is 0.356 bits per heavy atom. The van der Waals surface area contributed by atoms with E-state index in [9.17, 15) is 0 Å². The zero-order valence-corrected chi connectivity index (χ0v) is 25.1. The van der Waals surface area contributed by atoms with E-state index in [0.717, 1.165) is 0 Å². The topological polar surface area (TPSA) is 9.86 Å². The van der Waals surface area contributed by atoms with Crippen LogP contribution in [0.3, 0.4) is 0 Å². The minimum atomic E-state index is 1.17. The number of rotatable bonds is 3. The third-order valence-corrected chi connectivity index (χ3v) is 10.5. The van der Waals surface area contributed by atoms with Crippen LogP contribution >= 0.6 is 11.3 Å². The van der Waals surface area contributed by atoms with Gasteiger partial charge in [-0.3, -0.25) is 0 Å². The highest BCUT2D eigenvalue weighted by molar-refractivity contribution is 7.25. The average Bonchev–Trinajstić information content (AvgIpc) is 3.76. The van der Waals surface area contributed by atoms with Crippen LogP contribution in [-0.4, -0.2) is 9.13 Å². The summed E-state index contributed by atoms with van der Waals surface area (Å²) in [7, 11) is 0. The molecule has 3 aromatic heterocycles. The molecule has 0 N–H and O–H groups in total. The van der Waals surface area contributed by atoms with Crippen LogP contribution in [0.2, 0.25) is 0 Å². The van der Waals surface area contributed by atoms with Gasteiger partial charge in [0.25, 0.3) is 0 Å². The Hall–Kier alpha value is -5.64. The molecule has 10 rings (SSSR count). The molecule has 3 heteroatoms. The lowest BCUT2D eigenvalue weighted by Crippen LogP contribution is -1.97. The van der Waals surface area contributed by atoms with Crippen LogP contribution in [0.1, 0.15) is 0 Å². The minimum Gasteiger partial charge on any atom is -0.309 e. The smallest absolute Gasteiger partial charge is 0.0619 e. The summed E-state index contributed by atoms with van der Waals surface area (Å²) < 4.78 is 7.58. The molecular weight excluding hydrogens is 565 g/mol. The second kappa shape index (κ2) is 9.43. The molecule has 0 atom stereocenters. The third kappa shape index (κ3) is 3.44. The summed E-state index contributed by atoms with van der Waals surface area (Å²) in [5.74, 6) is 0. The Labute approximate surface area is 263 Å². The number of benzene rings is 7. The molecule has 0 radical (unpaired) electrons. The molecular formula is C42H26N2S. The number of nitrogens with zero attached hydrogens (tertiary/aromatic N) is 2. The van der Waals surface area contributed by atoms with E-state index in [0.29, 0.717) is 0 Å². The Morgan fingerprint density at radius 3 is 1.82 bits per heavy atom. The quantitative estimate of drug-likeness (QED) is 0.194. The van der Waals surface area contributed by atoms with E-state index in [-0.39, 0.29) is 0 Å². The Balaban J connectivity index is 1.39. The molecule has 0 bridgehead atoms. The van der Waals surface area contributed by atoms with Gasteiger partial charge in [-0.05, 0) is 54.1 Å². The average molecular weight is 591 g/mol. The highest BCUT2D eigenvalue weighted by Gasteiger charge is 2.22. The van der Waals surface area contributed by atoms with Gasteiger partial charge in [0, 0.05) is 53.0 Å². The van der Waals surface area contributed by atoms with Gasteiger partial charge in [0.2, 0.25) is 0 Å². The Kier molecular flexibility index (Phi) is 5.19. The molecule has 10 aromatic rings. The summed E-state index contributed by atoms with van der Waals surface area (Å²) in [5, 5.41) is 7.70. The second-order valence-electron chi connectivity index (χ2n) is 11.7. The summed E-state index contributed by atoms with van der Waals surface area (Å²) in [6.45, 7) is 0. The molecule has 0 saturated heterocycles. The minimum absolute atomic E-state index is 1.17. The summed E-state index contributed by atoms with van der Waals surface area (Å²) in [5.41, 5.74) is 9.76. The predicted molar refractivity (Wildman–Crippen MR) is 193 cm³/mol. The summed E-state index contributed by atoms with van der Waals surface area (Å²) in [6.07, 6.45) is 0. The van der Waals surface area contributed by atoms with Crippen LogP contribution in [0.4, 0.5) is 0 Å². The van der Waals surface area contributed by atoms with Crippen molar-refractivity contribution in [3.05, 3.63) is 158 Å². The maximum Gasteiger partial charge on any atom is 0.0619 e. The number of fused-ring (bicyclic) bond motifs is 9. The van der Waals surface area contributed by atoms with Crippen molar-refractivity contribution in [2.24, 2.45) is 0 Å². The lowest BCUT2D eigenvalue weighted by Gasteiger charge is -2.14. The molecule has 0 spiro atoms. The number of hydrogen-bond donors (Lipinski definition) is 0. The molecule has 3 heterocycles. The molecule has 0 aliphatic rings. The predicted octanol–water partition coefficient (Wildman–Crippen LogP) is 11.9. The largest absolute Gasteiger partial charge is 0.309 e. The fourth-order valence-electron chi connectivity index (χ4n) is 7.53. The first-order valence-corrected chi connectivity index (χ1v) is 16.2. The molecule has 0 unspecified atom stereocenters. The van der Waals surface area contributed by atoms with Crippen molar-refractivity contribution in [3.63, 3.8) is 0 Å². The van der Waals surface area contributed by atoms with Crippen LogP contribution in [0.25, 0.3) is 86.3 Å². The molecule has 7 aromatic carbocycles. The highest BCUT2D eigenvalue weighted by atomic mass is 32.1.